The van der Waals surface area contributed by atoms with Gasteiger partial charge in [-0.1, -0.05) is 44.5 Å². The quantitative estimate of drug-likeness (QED) is 0.470. The highest BCUT2D eigenvalue weighted by Gasteiger charge is 2.15. The lowest BCUT2D eigenvalue weighted by atomic mass is 10.1. The molecule has 0 spiro atoms. The van der Waals surface area contributed by atoms with Gasteiger partial charge < -0.3 is 9.88 Å². The Balaban J connectivity index is 1.71. The van der Waals surface area contributed by atoms with Gasteiger partial charge in [-0.2, -0.15) is 0 Å². The number of carbonyl (C=O) groups excluding carboxylic acids is 1. The number of rotatable bonds is 6. The Morgan fingerprint density at radius 3 is 2.24 bits per heavy atom. The highest BCUT2D eigenvalue weighted by atomic mass is 32.1. The molecule has 0 radical (unpaired) electrons. The average Bonchev–Trinajstić information content (AvgIpc) is 3.12. The second kappa shape index (κ2) is 8.17. The van der Waals surface area contributed by atoms with Gasteiger partial charge in [0.2, 0.25) is 5.91 Å². The van der Waals surface area contributed by atoms with Crippen LogP contribution in [-0.2, 0) is 24.2 Å². The van der Waals surface area contributed by atoms with Gasteiger partial charge in [-0.05, 0) is 37.1 Å². The van der Waals surface area contributed by atoms with Gasteiger partial charge in [0.15, 0.2) is 10.6 Å². The van der Waals surface area contributed by atoms with Crippen LogP contribution < -0.4 is 10.7 Å². The van der Waals surface area contributed by atoms with Crippen LogP contribution in [0.3, 0.4) is 0 Å². The van der Waals surface area contributed by atoms with Crippen LogP contribution in [0.5, 0.6) is 0 Å². The Morgan fingerprint density at radius 2 is 1.66 bits per heavy atom. The molecule has 2 aromatic heterocycles. The van der Waals surface area contributed by atoms with Gasteiger partial charge in [-0.15, -0.1) is 11.3 Å². The van der Waals surface area contributed by atoms with Crippen molar-refractivity contribution in [3.05, 3.63) is 69.3 Å². The Morgan fingerprint density at radius 1 is 1.03 bits per heavy atom. The van der Waals surface area contributed by atoms with Crippen LogP contribution >= 0.6 is 11.3 Å². The zero-order chi connectivity index (χ0) is 20.4. The number of pyridine rings is 1. The number of anilines is 1. The first-order chi connectivity index (χ1) is 14.1. The Bertz CT molecular complexity index is 1200. The summed E-state index contributed by atoms with van der Waals surface area (Å²) >= 11 is 1.55. The molecule has 6 heteroatoms. The molecule has 0 bridgehead atoms. The van der Waals surface area contributed by atoms with E-state index in [4.69, 9.17) is 0 Å². The van der Waals surface area contributed by atoms with Crippen molar-refractivity contribution in [2.75, 3.05) is 5.32 Å². The fraction of sp³-hybridized carbons (Fsp3) is 0.261. The number of amides is 1. The first-order valence-electron chi connectivity index (χ1n) is 9.91. The molecule has 1 N–H and O–H groups in total. The third kappa shape index (κ3) is 3.68. The third-order valence-electron chi connectivity index (χ3n) is 5.01. The SMILES string of the molecule is CCCc1nc(NC(=O)Cn2c3ccccc3c(=O)c3ccccc32)sc1CC. The van der Waals surface area contributed by atoms with Crippen LogP contribution in [0.2, 0.25) is 0 Å². The molecule has 0 saturated carbocycles. The highest BCUT2D eigenvalue weighted by Crippen LogP contribution is 2.25. The third-order valence-corrected chi connectivity index (χ3v) is 6.17. The molecule has 29 heavy (non-hydrogen) atoms. The highest BCUT2D eigenvalue weighted by molar-refractivity contribution is 7.15. The Labute approximate surface area is 173 Å². The Kier molecular flexibility index (Phi) is 5.45. The summed E-state index contributed by atoms with van der Waals surface area (Å²) in [5, 5.41) is 4.84. The van der Waals surface area contributed by atoms with Crippen LogP contribution in [-0.4, -0.2) is 15.5 Å². The summed E-state index contributed by atoms with van der Waals surface area (Å²) in [5.41, 5.74) is 2.58. The van der Waals surface area contributed by atoms with E-state index in [-0.39, 0.29) is 17.9 Å². The number of aryl methyl sites for hydroxylation is 2. The molecule has 2 aromatic carbocycles. The number of nitrogens with zero attached hydrogens (tertiary/aromatic N) is 2. The lowest BCUT2D eigenvalue weighted by molar-refractivity contribution is -0.116. The molecule has 0 aliphatic carbocycles. The van der Waals surface area contributed by atoms with Crippen molar-refractivity contribution in [1.82, 2.24) is 9.55 Å². The van der Waals surface area contributed by atoms with Crippen LogP contribution in [0.4, 0.5) is 5.13 Å². The summed E-state index contributed by atoms with van der Waals surface area (Å²) < 4.78 is 1.91. The number of nitrogens with one attached hydrogen (secondary N) is 1. The van der Waals surface area contributed by atoms with E-state index in [1.807, 2.05) is 53.1 Å². The molecule has 4 rings (SSSR count). The number of benzene rings is 2. The predicted molar refractivity (Wildman–Crippen MR) is 120 cm³/mol. The molecule has 2 heterocycles. The zero-order valence-electron chi connectivity index (χ0n) is 16.6. The standard InChI is InChI=1S/C23H23N3O2S/c1-3-9-17-20(4-2)29-23(24-17)25-21(27)14-26-18-12-7-5-10-15(18)22(28)16-11-6-8-13-19(16)26/h5-8,10-13H,3-4,9,14H2,1-2H3,(H,24,25,27). The van der Waals surface area contributed by atoms with Crippen LogP contribution in [0.25, 0.3) is 21.8 Å². The van der Waals surface area contributed by atoms with E-state index in [1.54, 1.807) is 11.3 Å². The topological polar surface area (TPSA) is 64.0 Å². The van der Waals surface area contributed by atoms with Crippen LogP contribution in [0, 0.1) is 0 Å². The van der Waals surface area contributed by atoms with Gasteiger partial charge in [0.1, 0.15) is 6.54 Å². The summed E-state index contributed by atoms with van der Waals surface area (Å²) in [6.07, 6.45) is 2.86. The first-order valence-corrected chi connectivity index (χ1v) is 10.7. The number of hydrogen-bond donors (Lipinski definition) is 1. The van der Waals surface area contributed by atoms with Crippen molar-refractivity contribution in [2.45, 2.75) is 39.7 Å². The number of hydrogen-bond acceptors (Lipinski definition) is 4. The van der Waals surface area contributed by atoms with Gasteiger partial charge in [0.05, 0.1) is 16.7 Å². The molecule has 0 aliphatic rings. The van der Waals surface area contributed by atoms with Gasteiger partial charge in [-0.25, -0.2) is 4.98 Å². The lowest BCUT2D eigenvalue weighted by Crippen LogP contribution is -2.21. The second-order valence-corrected chi connectivity index (χ2v) is 8.07. The van der Waals surface area contributed by atoms with E-state index >= 15 is 0 Å². The maximum atomic E-state index is 12.9. The molecule has 0 saturated heterocycles. The van der Waals surface area contributed by atoms with Crippen molar-refractivity contribution in [3.8, 4) is 0 Å². The predicted octanol–water partition coefficient (Wildman–Crippen LogP) is 4.76. The minimum Gasteiger partial charge on any atom is -0.331 e. The molecule has 0 aliphatic heterocycles. The minimum absolute atomic E-state index is 0.00965. The number of thiazole rings is 1. The molecule has 5 nitrogen and oxygen atoms in total. The molecule has 0 unspecified atom stereocenters. The van der Waals surface area contributed by atoms with E-state index in [0.29, 0.717) is 15.9 Å². The van der Waals surface area contributed by atoms with Crippen molar-refractivity contribution < 1.29 is 4.79 Å². The normalized spacial score (nSPS) is 11.2. The molecule has 0 atom stereocenters. The van der Waals surface area contributed by atoms with Gasteiger partial charge in [-0.3, -0.25) is 9.59 Å². The number of fused-ring (bicyclic) bond motifs is 2. The maximum absolute atomic E-state index is 12.9. The first kappa shape index (κ1) is 19.3. The molecule has 148 valence electrons. The fourth-order valence-corrected chi connectivity index (χ4v) is 4.66. The molecule has 1 amide bonds. The minimum atomic E-state index is -0.150. The number of aromatic nitrogens is 2. The van der Waals surface area contributed by atoms with E-state index < -0.39 is 0 Å². The molecule has 0 fully saturated rings. The average molecular weight is 406 g/mol. The summed E-state index contributed by atoms with van der Waals surface area (Å²) in [6, 6.07) is 14.9. The summed E-state index contributed by atoms with van der Waals surface area (Å²) in [5.74, 6) is -0.150. The molecular formula is C23H23N3O2S. The van der Waals surface area contributed by atoms with E-state index in [0.717, 1.165) is 36.0 Å². The van der Waals surface area contributed by atoms with Gasteiger partial charge in [0.25, 0.3) is 0 Å². The fourth-order valence-electron chi connectivity index (χ4n) is 3.69. The second-order valence-electron chi connectivity index (χ2n) is 6.99. The van der Waals surface area contributed by atoms with Crippen molar-refractivity contribution in [1.29, 1.82) is 0 Å². The van der Waals surface area contributed by atoms with E-state index in [1.165, 1.54) is 4.88 Å². The monoisotopic (exact) mass is 405 g/mol. The lowest BCUT2D eigenvalue weighted by Gasteiger charge is -2.14. The molecular weight excluding hydrogens is 382 g/mol. The van der Waals surface area contributed by atoms with Crippen LogP contribution in [0.1, 0.15) is 30.8 Å². The summed E-state index contributed by atoms with van der Waals surface area (Å²) in [6.45, 7) is 4.35. The van der Waals surface area contributed by atoms with Gasteiger partial charge in [0, 0.05) is 15.6 Å². The maximum Gasteiger partial charge on any atom is 0.246 e. The van der Waals surface area contributed by atoms with Gasteiger partial charge >= 0.3 is 0 Å². The number of carbonyl (C=O) groups is 1. The van der Waals surface area contributed by atoms with E-state index in [2.05, 4.69) is 24.1 Å². The zero-order valence-corrected chi connectivity index (χ0v) is 17.4. The summed E-state index contributed by atoms with van der Waals surface area (Å²) in [7, 11) is 0. The van der Waals surface area contributed by atoms with Crippen molar-refractivity contribution >= 4 is 44.2 Å². The number of para-hydroxylation sites is 2. The van der Waals surface area contributed by atoms with Crippen molar-refractivity contribution in [3.63, 3.8) is 0 Å². The summed E-state index contributed by atoms with van der Waals surface area (Å²) in [4.78, 5) is 31.5. The Hall–Kier alpha value is -2.99. The smallest absolute Gasteiger partial charge is 0.246 e. The largest absolute Gasteiger partial charge is 0.331 e. The molecule has 4 aromatic rings. The van der Waals surface area contributed by atoms with Crippen molar-refractivity contribution in [2.24, 2.45) is 0 Å². The van der Waals surface area contributed by atoms with E-state index in [9.17, 15) is 9.59 Å². The van der Waals surface area contributed by atoms with Crippen LogP contribution in [0.15, 0.2) is 53.3 Å².